The summed E-state index contributed by atoms with van der Waals surface area (Å²) in [6.45, 7) is 0. The molecule has 1 aromatic carbocycles. The Morgan fingerprint density at radius 2 is 2.08 bits per heavy atom. The van der Waals surface area contributed by atoms with Crippen molar-refractivity contribution in [3.8, 4) is 0 Å². The molecule has 3 heteroatoms. The Morgan fingerprint density at radius 3 is 2.67 bits per heavy atom. The Bertz CT molecular complexity index is 246. The second-order valence-corrected chi connectivity index (χ2v) is 2.37. The number of nitrogens with two attached hydrogens (primary N) is 1. The van der Waals surface area contributed by atoms with E-state index in [2.05, 4.69) is 9.99 Å². The lowest BCUT2D eigenvalue weighted by Crippen LogP contribution is -2.11. The third-order valence-electron chi connectivity index (χ3n) is 1.51. The molecular formula is C9H12N2O. The van der Waals surface area contributed by atoms with Gasteiger partial charge < -0.3 is 10.6 Å². The minimum atomic E-state index is -0.189. The Balaban J connectivity index is 2.65. The lowest BCUT2D eigenvalue weighted by molar-refractivity contribution is 0.214. The molecule has 0 heterocycles. The van der Waals surface area contributed by atoms with Crippen LogP contribution in [0.3, 0.4) is 0 Å². The van der Waals surface area contributed by atoms with E-state index in [1.54, 1.807) is 6.21 Å². The van der Waals surface area contributed by atoms with Crippen LogP contribution in [-0.2, 0) is 4.84 Å². The fraction of sp³-hybridized carbons (Fsp3) is 0.222. The molecule has 1 unspecified atom stereocenters. The monoisotopic (exact) mass is 164 g/mol. The Kier molecular flexibility index (Phi) is 3.29. The van der Waals surface area contributed by atoms with E-state index in [4.69, 9.17) is 5.73 Å². The average Bonchev–Trinajstić information content (AvgIpc) is 2.15. The minimum absolute atomic E-state index is 0.189. The smallest absolute Gasteiger partial charge is 0.106 e. The first-order valence-electron chi connectivity index (χ1n) is 3.72. The highest BCUT2D eigenvalue weighted by atomic mass is 16.6. The van der Waals surface area contributed by atoms with Crippen LogP contribution < -0.4 is 5.73 Å². The van der Waals surface area contributed by atoms with E-state index < -0.39 is 0 Å². The highest BCUT2D eigenvalue weighted by Gasteiger charge is 1.99. The molecule has 0 aromatic heterocycles. The van der Waals surface area contributed by atoms with Crippen molar-refractivity contribution in [3.63, 3.8) is 0 Å². The Hall–Kier alpha value is -1.35. The zero-order chi connectivity index (χ0) is 8.81. The van der Waals surface area contributed by atoms with Gasteiger partial charge in [-0.25, -0.2) is 0 Å². The highest BCUT2D eigenvalue weighted by molar-refractivity contribution is 5.66. The summed E-state index contributed by atoms with van der Waals surface area (Å²) in [4.78, 5) is 4.52. The molecule has 2 N–H and O–H groups in total. The molecule has 0 saturated carbocycles. The van der Waals surface area contributed by atoms with E-state index in [9.17, 15) is 0 Å². The summed E-state index contributed by atoms with van der Waals surface area (Å²) in [5.41, 5.74) is 6.78. The molecule has 1 rings (SSSR count). The molecule has 3 nitrogen and oxygen atoms in total. The SMILES string of the molecule is CON=CC(N)c1ccccc1. The molecule has 0 amide bonds. The van der Waals surface area contributed by atoms with Crippen LogP contribution in [0.4, 0.5) is 0 Å². The Morgan fingerprint density at radius 1 is 1.42 bits per heavy atom. The molecule has 1 atom stereocenters. The summed E-state index contributed by atoms with van der Waals surface area (Å²) >= 11 is 0. The van der Waals surface area contributed by atoms with Gasteiger partial charge in [-0.05, 0) is 5.56 Å². The highest BCUT2D eigenvalue weighted by Crippen LogP contribution is 2.06. The molecule has 0 saturated heterocycles. The van der Waals surface area contributed by atoms with Crippen LogP contribution in [0.2, 0.25) is 0 Å². The van der Waals surface area contributed by atoms with Crippen molar-refractivity contribution in [1.29, 1.82) is 0 Å². The number of nitrogens with zero attached hydrogens (tertiary/aromatic N) is 1. The first-order chi connectivity index (χ1) is 5.84. The van der Waals surface area contributed by atoms with Crippen molar-refractivity contribution in [2.45, 2.75) is 6.04 Å². The molecule has 0 fully saturated rings. The maximum Gasteiger partial charge on any atom is 0.106 e. The number of benzene rings is 1. The second kappa shape index (κ2) is 4.51. The maximum atomic E-state index is 5.75. The van der Waals surface area contributed by atoms with E-state index in [0.29, 0.717) is 0 Å². The van der Waals surface area contributed by atoms with Crippen LogP contribution in [-0.4, -0.2) is 13.3 Å². The molecule has 0 spiro atoms. The topological polar surface area (TPSA) is 47.6 Å². The molecule has 0 aliphatic carbocycles. The van der Waals surface area contributed by atoms with Crippen molar-refractivity contribution in [1.82, 2.24) is 0 Å². The number of hydrogen-bond donors (Lipinski definition) is 1. The van der Waals surface area contributed by atoms with Crippen molar-refractivity contribution in [3.05, 3.63) is 35.9 Å². The molecule has 0 bridgehead atoms. The predicted octanol–water partition coefficient (Wildman–Crippen LogP) is 1.32. The van der Waals surface area contributed by atoms with Gasteiger partial charge in [0.1, 0.15) is 7.11 Å². The lowest BCUT2D eigenvalue weighted by atomic mass is 10.1. The number of oxime groups is 1. The van der Waals surface area contributed by atoms with Crippen molar-refractivity contribution >= 4 is 6.21 Å². The predicted molar refractivity (Wildman–Crippen MR) is 48.9 cm³/mol. The lowest BCUT2D eigenvalue weighted by Gasteiger charge is -2.03. The van der Waals surface area contributed by atoms with Crippen molar-refractivity contribution in [2.24, 2.45) is 10.9 Å². The molecule has 1 aromatic rings. The zero-order valence-electron chi connectivity index (χ0n) is 6.97. The van der Waals surface area contributed by atoms with Gasteiger partial charge in [0, 0.05) is 0 Å². The van der Waals surface area contributed by atoms with E-state index in [1.807, 2.05) is 30.3 Å². The number of hydrogen-bond acceptors (Lipinski definition) is 3. The summed E-state index contributed by atoms with van der Waals surface area (Å²) in [6, 6.07) is 9.54. The molecule has 0 aliphatic heterocycles. The standard InChI is InChI=1S/C9H12N2O/c1-12-11-7-9(10)8-5-3-2-4-6-8/h2-7,9H,10H2,1H3. The van der Waals surface area contributed by atoms with E-state index >= 15 is 0 Å². The van der Waals surface area contributed by atoms with Gasteiger partial charge in [-0.2, -0.15) is 0 Å². The zero-order valence-corrected chi connectivity index (χ0v) is 6.97. The second-order valence-electron chi connectivity index (χ2n) is 2.37. The fourth-order valence-corrected chi connectivity index (χ4v) is 0.888. The quantitative estimate of drug-likeness (QED) is 0.541. The van der Waals surface area contributed by atoms with Gasteiger partial charge in [0.15, 0.2) is 0 Å². The first-order valence-corrected chi connectivity index (χ1v) is 3.72. The maximum absolute atomic E-state index is 5.75. The summed E-state index contributed by atoms with van der Waals surface area (Å²) in [7, 11) is 1.49. The van der Waals surface area contributed by atoms with Crippen LogP contribution in [0.5, 0.6) is 0 Å². The Labute approximate surface area is 71.8 Å². The first kappa shape index (κ1) is 8.74. The minimum Gasteiger partial charge on any atom is -0.399 e. The van der Waals surface area contributed by atoms with Crippen LogP contribution in [0.1, 0.15) is 11.6 Å². The van der Waals surface area contributed by atoms with E-state index in [-0.39, 0.29) is 6.04 Å². The van der Waals surface area contributed by atoms with Gasteiger partial charge >= 0.3 is 0 Å². The summed E-state index contributed by atoms with van der Waals surface area (Å²) in [5.74, 6) is 0. The van der Waals surface area contributed by atoms with Crippen molar-refractivity contribution < 1.29 is 4.84 Å². The van der Waals surface area contributed by atoms with Gasteiger partial charge in [-0.3, -0.25) is 0 Å². The normalized spacial score (nSPS) is 13.2. The van der Waals surface area contributed by atoms with Crippen LogP contribution >= 0.6 is 0 Å². The number of rotatable bonds is 3. The summed E-state index contributed by atoms with van der Waals surface area (Å²) in [6.07, 6.45) is 1.56. The van der Waals surface area contributed by atoms with Crippen molar-refractivity contribution in [2.75, 3.05) is 7.11 Å². The largest absolute Gasteiger partial charge is 0.399 e. The van der Waals surface area contributed by atoms with Gasteiger partial charge in [0.2, 0.25) is 0 Å². The third kappa shape index (κ3) is 2.36. The molecular weight excluding hydrogens is 152 g/mol. The van der Waals surface area contributed by atoms with Crippen LogP contribution in [0.15, 0.2) is 35.5 Å². The van der Waals surface area contributed by atoms with Gasteiger partial charge in [-0.15, -0.1) is 0 Å². The van der Waals surface area contributed by atoms with Gasteiger partial charge in [-0.1, -0.05) is 35.5 Å². The van der Waals surface area contributed by atoms with Gasteiger partial charge in [0.25, 0.3) is 0 Å². The third-order valence-corrected chi connectivity index (χ3v) is 1.51. The molecule has 0 aliphatic rings. The van der Waals surface area contributed by atoms with Gasteiger partial charge in [0.05, 0.1) is 12.3 Å². The van der Waals surface area contributed by atoms with Crippen LogP contribution in [0, 0.1) is 0 Å². The molecule has 64 valence electrons. The van der Waals surface area contributed by atoms with E-state index in [0.717, 1.165) is 5.56 Å². The van der Waals surface area contributed by atoms with E-state index in [1.165, 1.54) is 7.11 Å². The van der Waals surface area contributed by atoms with Crippen LogP contribution in [0.25, 0.3) is 0 Å². The summed E-state index contributed by atoms with van der Waals surface area (Å²) < 4.78 is 0. The summed E-state index contributed by atoms with van der Waals surface area (Å²) in [5, 5.41) is 3.60. The average molecular weight is 164 g/mol. The molecule has 0 radical (unpaired) electrons. The molecule has 12 heavy (non-hydrogen) atoms. The fourth-order valence-electron chi connectivity index (χ4n) is 0.888.